The first-order valence-corrected chi connectivity index (χ1v) is 6.17. The van der Waals surface area contributed by atoms with Crippen LogP contribution in [0.5, 0.6) is 0 Å². The van der Waals surface area contributed by atoms with Gasteiger partial charge in [-0.2, -0.15) is 0 Å². The van der Waals surface area contributed by atoms with Crippen molar-refractivity contribution in [3.05, 3.63) is 0 Å². The van der Waals surface area contributed by atoms with Crippen molar-refractivity contribution in [1.29, 1.82) is 0 Å². The Morgan fingerprint density at radius 2 is 1.50 bits per heavy atom. The molecule has 0 bridgehead atoms. The SMILES string of the molecule is CC1CCN(C2CC2C)CCC(C)N1. The Labute approximate surface area is 88.1 Å². The van der Waals surface area contributed by atoms with E-state index in [1.165, 1.54) is 32.4 Å². The fraction of sp³-hybridized carbons (Fsp3) is 1.00. The molecule has 82 valence electrons. The molecule has 4 atom stereocenters. The lowest BCUT2D eigenvalue weighted by atomic mass is 10.1. The van der Waals surface area contributed by atoms with Crippen LogP contribution in [-0.2, 0) is 0 Å². The van der Waals surface area contributed by atoms with E-state index in [4.69, 9.17) is 0 Å². The van der Waals surface area contributed by atoms with E-state index in [9.17, 15) is 0 Å². The summed E-state index contributed by atoms with van der Waals surface area (Å²) in [5.74, 6) is 0.966. The fourth-order valence-electron chi connectivity index (χ4n) is 2.63. The van der Waals surface area contributed by atoms with Crippen LogP contribution in [0.3, 0.4) is 0 Å². The summed E-state index contributed by atoms with van der Waals surface area (Å²) in [7, 11) is 0. The zero-order valence-electron chi connectivity index (χ0n) is 9.79. The summed E-state index contributed by atoms with van der Waals surface area (Å²) < 4.78 is 0. The largest absolute Gasteiger partial charge is 0.312 e. The quantitative estimate of drug-likeness (QED) is 0.688. The van der Waals surface area contributed by atoms with Crippen molar-refractivity contribution in [3.8, 4) is 0 Å². The summed E-state index contributed by atoms with van der Waals surface area (Å²) in [5.41, 5.74) is 0. The normalized spacial score (nSPS) is 45.6. The van der Waals surface area contributed by atoms with Crippen molar-refractivity contribution in [3.63, 3.8) is 0 Å². The highest BCUT2D eigenvalue weighted by Gasteiger charge is 2.37. The molecule has 2 fully saturated rings. The summed E-state index contributed by atoms with van der Waals surface area (Å²) in [6.45, 7) is 9.62. The van der Waals surface area contributed by atoms with Gasteiger partial charge in [0.1, 0.15) is 0 Å². The fourth-order valence-corrected chi connectivity index (χ4v) is 2.63. The Kier molecular flexibility index (Phi) is 3.13. The minimum atomic E-state index is 0.696. The van der Waals surface area contributed by atoms with Crippen LogP contribution in [0.25, 0.3) is 0 Å². The van der Waals surface area contributed by atoms with Crippen molar-refractivity contribution in [2.45, 2.75) is 58.2 Å². The molecule has 0 radical (unpaired) electrons. The molecule has 0 aromatic carbocycles. The van der Waals surface area contributed by atoms with Crippen LogP contribution in [0.15, 0.2) is 0 Å². The van der Waals surface area contributed by atoms with E-state index in [2.05, 4.69) is 31.0 Å². The highest BCUT2D eigenvalue weighted by molar-refractivity contribution is 4.93. The Balaban J connectivity index is 1.86. The van der Waals surface area contributed by atoms with Gasteiger partial charge in [0.25, 0.3) is 0 Å². The topological polar surface area (TPSA) is 15.3 Å². The van der Waals surface area contributed by atoms with Crippen molar-refractivity contribution in [2.24, 2.45) is 5.92 Å². The molecular formula is C12H24N2. The third-order valence-corrected chi connectivity index (χ3v) is 3.80. The van der Waals surface area contributed by atoms with Crippen molar-refractivity contribution in [1.82, 2.24) is 10.2 Å². The number of nitrogens with one attached hydrogen (secondary N) is 1. The Hall–Kier alpha value is -0.0800. The maximum atomic E-state index is 3.65. The molecule has 2 nitrogen and oxygen atoms in total. The summed E-state index contributed by atoms with van der Waals surface area (Å²) in [4.78, 5) is 2.72. The van der Waals surface area contributed by atoms with Crippen LogP contribution in [0.1, 0.15) is 40.0 Å². The van der Waals surface area contributed by atoms with Crippen LogP contribution < -0.4 is 5.32 Å². The standard InChI is InChI=1S/C12H24N2/c1-9-8-12(9)14-6-4-10(2)13-11(3)5-7-14/h9-13H,4-8H2,1-3H3. The first kappa shape index (κ1) is 10.4. The monoisotopic (exact) mass is 196 g/mol. The lowest BCUT2D eigenvalue weighted by Gasteiger charge is -2.31. The number of hydrogen-bond donors (Lipinski definition) is 1. The molecule has 1 aliphatic heterocycles. The molecule has 1 aliphatic carbocycles. The second-order valence-corrected chi connectivity index (χ2v) is 5.36. The van der Waals surface area contributed by atoms with Crippen molar-refractivity contribution < 1.29 is 0 Å². The van der Waals surface area contributed by atoms with E-state index in [0.29, 0.717) is 12.1 Å². The second kappa shape index (κ2) is 4.19. The molecule has 0 spiro atoms. The molecule has 0 amide bonds. The minimum absolute atomic E-state index is 0.696. The van der Waals surface area contributed by atoms with Crippen LogP contribution in [-0.4, -0.2) is 36.1 Å². The molecule has 1 heterocycles. The lowest BCUT2D eigenvalue weighted by Crippen LogP contribution is -2.43. The van der Waals surface area contributed by atoms with Gasteiger partial charge in [0.15, 0.2) is 0 Å². The predicted octanol–water partition coefficient (Wildman–Crippen LogP) is 1.86. The molecule has 0 aromatic rings. The zero-order chi connectivity index (χ0) is 10.1. The lowest BCUT2D eigenvalue weighted by molar-refractivity contribution is 0.204. The first-order chi connectivity index (χ1) is 6.66. The van der Waals surface area contributed by atoms with E-state index in [1.807, 2.05) is 0 Å². The average molecular weight is 196 g/mol. The molecule has 1 N–H and O–H groups in total. The Morgan fingerprint density at radius 1 is 1.00 bits per heavy atom. The van der Waals surface area contributed by atoms with Gasteiger partial charge in [-0.15, -0.1) is 0 Å². The van der Waals surface area contributed by atoms with E-state index in [0.717, 1.165) is 12.0 Å². The summed E-state index contributed by atoms with van der Waals surface area (Å²) in [6, 6.07) is 2.32. The molecule has 14 heavy (non-hydrogen) atoms. The van der Waals surface area contributed by atoms with E-state index < -0.39 is 0 Å². The van der Waals surface area contributed by atoms with Crippen molar-refractivity contribution in [2.75, 3.05) is 13.1 Å². The van der Waals surface area contributed by atoms with Gasteiger partial charge in [-0.05, 0) is 52.1 Å². The number of hydrogen-bond acceptors (Lipinski definition) is 2. The van der Waals surface area contributed by atoms with Gasteiger partial charge in [-0.3, -0.25) is 4.90 Å². The zero-order valence-corrected chi connectivity index (χ0v) is 9.79. The van der Waals surface area contributed by atoms with Gasteiger partial charge in [0.2, 0.25) is 0 Å². The van der Waals surface area contributed by atoms with Crippen LogP contribution in [0.2, 0.25) is 0 Å². The maximum absolute atomic E-state index is 3.65. The molecule has 4 unspecified atom stereocenters. The molecule has 1 saturated carbocycles. The molecule has 0 aromatic heterocycles. The Morgan fingerprint density at radius 3 is 1.93 bits per heavy atom. The Bertz CT molecular complexity index is 181. The molecule has 2 aliphatic rings. The first-order valence-electron chi connectivity index (χ1n) is 6.17. The van der Waals surface area contributed by atoms with Crippen LogP contribution in [0.4, 0.5) is 0 Å². The van der Waals surface area contributed by atoms with Gasteiger partial charge in [0, 0.05) is 18.1 Å². The van der Waals surface area contributed by atoms with Gasteiger partial charge in [0.05, 0.1) is 0 Å². The van der Waals surface area contributed by atoms with Crippen LogP contribution >= 0.6 is 0 Å². The number of rotatable bonds is 1. The number of nitrogens with zero attached hydrogens (tertiary/aromatic N) is 1. The van der Waals surface area contributed by atoms with Crippen molar-refractivity contribution >= 4 is 0 Å². The van der Waals surface area contributed by atoms with Crippen LogP contribution in [0, 0.1) is 5.92 Å². The third-order valence-electron chi connectivity index (χ3n) is 3.80. The molecule has 2 heteroatoms. The molecule has 2 rings (SSSR count). The highest BCUT2D eigenvalue weighted by atomic mass is 15.2. The van der Waals surface area contributed by atoms with E-state index in [1.54, 1.807) is 0 Å². The summed E-state index contributed by atoms with van der Waals surface area (Å²) in [5, 5.41) is 3.65. The maximum Gasteiger partial charge on any atom is 0.0125 e. The molecular weight excluding hydrogens is 172 g/mol. The van der Waals surface area contributed by atoms with E-state index >= 15 is 0 Å². The van der Waals surface area contributed by atoms with E-state index in [-0.39, 0.29) is 0 Å². The summed E-state index contributed by atoms with van der Waals surface area (Å²) >= 11 is 0. The highest BCUT2D eigenvalue weighted by Crippen LogP contribution is 2.35. The third kappa shape index (κ3) is 2.48. The second-order valence-electron chi connectivity index (χ2n) is 5.36. The molecule has 1 saturated heterocycles. The van der Waals surface area contributed by atoms with Gasteiger partial charge in [-0.25, -0.2) is 0 Å². The van der Waals surface area contributed by atoms with Gasteiger partial charge < -0.3 is 5.32 Å². The van der Waals surface area contributed by atoms with Gasteiger partial charge >= 0.3 is 0 Å². The average Bonchev–Trinajstić information content (AvgIpc) is 2.79. The summed E-state index contributed by atoms with van der Waals surface area (Å²) in [6.07, 6.45) is 4.07. The predicted molar refractivity (Wildman–Crippen MR) is 60.4 cm³/mol. The van der Waals surface area contributed by atoms with Gasteiger partial charge in [-0.1, -0.05) is 6.92 Å². The smallest absolute Gasteiger partial charge is 0.0125 e. The minimum Gasteiger partial charge on any atom is -0.312 e.